The summed E-state index contributed by atoms with van der Waals surface area (Å²) in [7, 11) is 0. The first-order chi connectivity index (χ1) is 11.2. The molecule has 2 aliphatic rings. The highest BCUT2D eigenvalue weighted by Gasteiger charge is 2.40. The molecule has 1 saturated heterocycles. The standard InChI is InChI=1S/C16H22F2N2O3/c17-14(18)11-21-15-12(2-1-7-19-15)10-20-13-3-5-16(6-4-13)22-8-9-23-16/h1-2,7,13-14,20H,3-6,8-11H2. The first kappa shape index (κ1) is 16.5. The Hall–Kier alpha value is -1.31. The zero-order chi connectivity index (χ0) is 16.1. The minimum atomic E-state index is -2.50. The maximum absolute atomic E-state index is 12.3. The predicted molar refractivity (Wildman–Crippen MR) is 79.5 cm³/mol. The summed E-state index contributed by atoms with van der Waals surface area (Å²) in [5.74, 6) is -0.0899. The second-order valence-corrected chi connectivity index (χ2v) is 5.93. The van der Waals surface area contributed by atoms with Crippen LogP contribution in [0.2, 0.25) is 0 Å². The van der Waals surface area contributed by atoms with Crippen LogP contribution in [0.1, 0.15) is 31.2 Å². The van der Waals surface area contributed by atoms with Gasteiger partial charge < -0.3 is 19.5 Å². The molecular weight excluding hydrogens is 306 g/mol. The lowest BCUT2D eigenvalue weighted by Gasteiger charge is -2.35. The molecule has 2 heterocycles. The van der Waals surface area contributed by atoms with Crippen LogP contribution in [0.3, 0.4) is 0 Å². The smallest absolute Gasteiger partial charge is 0.272 e. The molecule has 5 nitrogen and oxygen atoms in total. The number of ether oxygens (including phenoxy) is 3. The molecule has 7 heteroatoms. The van der Waals surface area contributed by atoms with Gasteiger partial charge in [0, 0.05) is 37.2 Å². The summed E-state index contributed by atoms with van der Waals surface area (Å²) in [6, 6.07) is 3.98. The molecule has 0 unspecified atom stereocenters. The number of hydrogen-bond acceptors (Lipinski definition) is 5. The number of pyridine rings is 1. The molecule has 128 valence electrons. The zero-order valence-corrected chi connectivity index (χ0v) is 13.0. The van der Waals surface area contributed by atoms with Gasteiger partial charge in [-0.25, -0.2) is 13.8 Å². The molecule has 0 aromatic carbocycles. The van der Waals surface area contributed by atoms with E-state index in [9.17, 15) is 8.78 Å². The molecule has 0 atom stereocenters. The number of alkyl halides is 2. The van der Waals surface area contributed by atoms with Crippen molar-refractivity contribution >= 4 is 0 Å². The van der Waals surface area contributed by atoms with Crippen molar-refractivity contribution in [2.75, 3.05) is 19.8 Å². The van der Waals surface area contributed by atoms with E-state index in [0.29, 0.717) is 25.8 Å². The molecule has 3 rings (SSSR count). The summed E-state index contributed by atoms with van der Waals surface area (Å²) in [6.07, 6.45) is 2.74. The van der Waals surface area contributed by atoms with Gasteiger partial charge in [-0.15, -0.1) is 0 Å². The van der Waals surface area contributed by atoms with Gasteiger partial charge in [0.1, 0.15) is 0 Å². The van der Waals surface area contributed by atoms with Gasteiger partial charge in [-0.05, 0) is 18.9 Å². The number of nitrogens with zero attached hydrogens (tertiary/aromatic N) is 1. The Morgan fingerprint density at radius 3 is 2.74 bits per heavy atom. The van der Waals surface area contributed by atoms with E-state index in [0.717, 1.165) is 31.2 Å². The average molecular weight is 328 g/mol. The Labute approximate surface area is 134 Å². The summed E-state index contributed by atoms with van der Waals surface area (Å²) in [5.41, 5.74) is 0.793. The molecule has 1 aromatic rings. The Morgan fingerprint density at radius 1 is 1.30 bits per heavy atom. The normalized spacial score (nSPS) is 21.2. The van der Waals surface area contributed by atoms with E-state index < -0.39 is 13.0 Å². The summed E-state index contributed by atoms with van der Waals surface area (Å²) >= 11 is 0. The maximum Gasteiger partial charge on any atom is 0.272 e. The molecule has 0 radical (unpaired) electrons. The third-order valence-electron chi connectivity index (χ3n) is 4.34. The van der Waals surface area contributed by atoms with E-state index in [1.165, 1.54) is 0 Å². The molecule has 2 fully saturated rings. The quantitative estimate of drug-likeness (QED) is 0.869. The first-order valence-corrected chi connectivity index (χ1v) is 8.03. The van der Waals surface area contributed by atoms with Gasteiger partial charge in [0.2, 0.25) is 5.88 Å². The van der Waals surface area contributed by atoms with Crippen molar-refractivity contribution in [3.8, 4) is 5.88 Å². The topological polar surface area (TPSA) is 52.6 Å². The van der Waals surface area contributed by atoms with Crippen LogP contribution in [0, 0.1) is 0 Å². The van der Waals surface area contributed by atoms with E-state index in [4.69, 9.17) is 14.2 Å². The monoisotopic (exact) mass is 328 g/mol. The summed E-state index contributed by atoms with van der Waals surface area (Å²) in [4.78, 5) is 4.04. The lowest BCUT2D eigenvalue weighted by atomic mass is 9.90. The molecule has 1 aliphatic heterocycles. The second-order valence-electron chi connectivity index (χ2n) is 5.93. The molecular formula is C16H22F2N2O3. The van der Waals surface area contributed by atoms with Gasteiger partial charge in [-0.3, -0.25) is 0 Å². The highest BCUT2D eigenvalue weighted by atomic mass is 19.3. The highest BCUT2D eigenvalue weighted by Crippen LogP contribution is 2.35. The second kappa shape index (κ2) is 7.51. The van der Waals surface area contributed by atoms with E-state index in [-0.39, 0.29) is 11.7 Å². The van der Waals surface area contributed by atoms with Gasteiger partial charge in [-0.1, -0.05) is 6.07 Å². The molecule has 0 bridgehead atoms. The van der Waals surface area contributed by atoms with Crippen LogP contribution >= 0.6 is 0 Å². The van der Waals surface area contributed by atoms with Crippen molar-refractivity contribution in [2.24, 2.45) is 0 Å². The van der Waals surface area contributed by atoms with E-state index in [1.54, 1.807) is 12.3 Å². The fourth-order valence-corrected chi connectivity index (χ4v) is 3.13. The van der Waals surface area contributed by atoms with Gasteiger partial charge >= 0.3 is 0 Å². The van der Waals surface area contributed by atoms with Crippen LogP contribution in [0.4, 0.5) is 8.78 Å². The van der Waals surface area contributed by atoms with Crippen LogP contribution in [0.15, 0.2) is 18.3 Å². The molecule has 1 spiro atoms. The van der Waals surface area contributed by atoms with Crippen molar-refractivity contribution in [1.29, 1.82) is 0 Å². The van der Waals surface area contributed by atoms with Crippen molar-refractivity contribution in [1.82, 2.24) is 10.3 Å². The van der Waals surface area contributed by atoms with Crippen LogP contribution < -0.4 is 10.1 Å². The summed E-state index contributed by atoms with van der Waals surface area (Å²) < 4.78 is 41.1. The van der Waals surface area contributed by atoms with Crippen molar-refractivity contribution in [3.05, 3.63) is 23.9 Å². The fraction of sp³-hybridized carbons (Fsp3) is 0.688. The van der Waals surface area contributed by atoms with Gasteiger partial charge in [-0.2, -0.15) is 0 Å². The lowest BCUT2D eigenvalue weighted by molar-refractivity contribution is -0.179. The molecule has 23 heavy (non-hydrogen) atoms. The minimum Gasteiger partial charge on any atom is -0.471 e. The van der Waals surface area contributed by atoms with E-state index in [1.807, 2.05) is 6.07 Å². The molecule has 0 amide bonds. The maximum atomic E-state index is 12.3. The molecule has 1 aliphatic carbocycles. The van der Waals surface area contributed by atoms with Crippen LogP contribution in [0.25, 0.3) is 0 Å². The number of hydrogen-bond donors (Lipinski definition) is 1. The number of halogens is 2. The van der Waals surface area contributed by atoms with Crippen LogP contribution in [0.5, 0.6) is 5.88 Å². The Kier molecular flexibility index (Phi) is 5.40. The lowest BCUT2D eigenvalue weighted by Crippen LogP contribution is -2.41. The highest BCUT2D eigenvalue weighted by molar-refractivity contribution is 5.25. The van der Waals surface area contributed by atoms with Crippen LogP contribution in [-0.4, -0.2) is 43.1 Å². The SMILES string of the molecule is FC(F)COc1ncccc1CNC1CCC2(CC1)OCCO2. The molecule has 1 N–H and O–H groups in total. The van der Waals surface area contributed by atoms with E-state index >= 15 is 0 Å². The van der Waals surface area contributed by atoms with Crippen LogP contribution in [-0.2, 0) is 16.0 Å². The number of nitrogens with one attached hydrogen (secondary N) is 1. The third kappa shape index (κ3) is 4.37. The van der Waals surface area contributed by atoms with Gasteiger partial charge in [0.15, 0.2) is 12.4 Å². The Morgan fingerprint density at radius 2 is 2.04 bits per heavy atom. The minimum absolute atomic E-state index is 0.273. The predicted octanol–water partition coefficient (Wildman–Crippen LogP) is 2.50. The zero-order valence-electron chi connectivity index (χ0n) is 13.0. The third-order valence-corrected chi connectivity index (χ3v) is 4.34. The van der Waals surface area contributed by atoms with Gasteiger partial charge in [0.05, 0.1) is 13.2 Å². The Balaban J connectivity index is 1.49. The summed E-state index contributed by atoms with van der Waals surface area (Å²) in [5, 5.41) is 3.45. The number of aromatic nitrogens is 1. The average Bonchev–Trinajstić information content (AvgIpc) is 3.01. The molecule has 1 saturated carbocycles. The van der Waals surface area contributed by atoms with Crippen molar-refractivity contribution in [2.45, 2.75) is 50.5 Å². The largest absolute Gasteiger partial charge is 0.471 e. The van der Waals surface area contributed by atoms with E-state index in [2.05, 4.69) is 10.3 Å². The fourth-order valence-electron chi connectivity index (χ4n) is 3.13. The Bertz CT molecular complexity index is 500. The number of rotatable bonds is 6. The first-order valence-electron chi connectivity index (χ1n) is 8.03. The van der Waals surface area contributed by atoms with Gasteiger partial charge in [0.25, 0.3) is 6.43 Å². The van der Waals surface area contributed by atoms with Crippen molar-refractivity contribution < 1.29 is 23.0 Å². The van der Waals surface area contributed by atoms with Crippen molar-refractivity contribution in [3.63, 3.8) is 0 Å². The molecule has 1 aromatic heterocycles. The summed E-state index contributed by atoms with van der Waals surface area (Å²) in [6.45, 7) is 1.27.